The van der Waals surface area contributed by atoms with E-state index in [-0.39, 0.29) is 5.88 Å². The number of nitrogens with one attached hydrogen (secondary N) is 1. The number of hydrogen-bond acceptors (Lipinski definition) is 6. The average molecular weight is 239 g/mol. The molecule has 0 atom stereocenters. The van der Waals surface area contributed by atoms with Crippen molar-refractivity contribution in [2.45, 2.75) is 0 Å². The zero-order chi connectivity index (χ0) is 11.5. The number of carbonyl (C=O) groups excluding carboxylic acids is 1. The minimum absolute atomic E-state index is 0.326. The highest BCUT2D eigenvalue weighted by molar-refractivity contribution is 7.18. The number of thiazole rings is 1. The molecule has 1 N–H and O–H groups in total. The third kappa shape index (κ3) is 1.91. The number of nitro groups is 1. The maximum absolute atomic E-state index is 10.4. The summed E-state index contributed by atoms with van der Waals surface area (Å²) < 4.78 is 4.98. The highest BCUT2D eigenvalue weighted by Crippen LogP contribution is 2.31. The molecule has 0 bridgehead atoms. The van der Waals surface area contributed by atoms with Crippen LogP contribution >= 0.6 is 11.3 Å². The van der Waals surface area contributed by atoms with Gasteiger partial charge in [-0.05, 0) is 6.07 Å². The van der Waals surface area contributed by atoms with E-state index in [2.05, 4.69) is 10.3 Å². The molecule has 0 aliphatic heterocycles. The molecule has 8 heteroatoms. The van der Waals surface area contributed by atoms with Crippen molar-refractivity contribution in [1.82, 2.24) is 4.98 Å². The van der Waals surface area contributed by atoms with Gasteiger partial charge in [-0.25, -0.2) is 4.98 Å². The van der Waals surface area contributed by atoms with Crippen LogP contribution in [0.5, 0.6) is 0 Å². The van der Waals surface area contributed by atoms with Gasteiger partial charge in [0.1, 0.15) is 4.92 Å². The second-order valence-electron chi connectivity index (χ2n) is 2.69. The zero-order valence-corrected chi connectivity index (χ0v) is 8.56. The Hall–Kier alpha value is -2.22. The Labute approximate surface area is 92.9 Å². The topological polar surface area (TPSA) is 98.3 Å². The highest BCUT2D eigenvalue weighted by Gasteiger charge is 2.14. The van der Waals surface area contributed by atoms with Crippen molar-refractivity contribution >= 4 is 28.8 Å². The molecule has 0 radical (unpaired) electrons. The van der Waals surface area contributed by atoms with Gasteiger partial charge in [0.2, 0.25) is 6.41 Å². The first-order valence-corrected chi connectivity index (χ1v) is 4.93. The Bertz CT molecular complexity index is 533. The van der Waals surface area contributed by atoms with E-state index in [0.717, 1.165) is 0 Å². The molecule has 2 rings (SSSR count). The predicted octanol–water partition coefficient (Wildman–Crippen LogP) is 1.88. The lowest BCUT2D eigenvalue weighted by molar-refractivity contribution is -0.401. The van der Waals surface area contributed by atoms with Gasteiger partial charge < -0.3 is 9.73 Å². The van der Waals surface area contributed by atoms with Crippen molar-refractivity contribution < 1.29 is 14.1 Å². The molecular formula is C8H5N3O4S. The summed E-state index contributed by atoms with van der Waals surface area (Å²) in [6, 6.07) is 2.75. The third-order valence-electron chi connectivity index (χ3n) is 1.70. The Kier molecular flexibility index (Phi) is 2.64. The fraction of sp³-hybridized carbons (Fsp3) is 0. The van der Waals surface area contributed by atoms with Crippen LogP contribution in [-0.4, -0.2) is 16.3 Å². The summed E-state index contributed by atoms with van der Waals surface area (Å²) in [5.74, 6) is 0.0245. The highest BCUT2D eigenvalue weighted by atomic mass is 32.1. The van der Waals surface area contributed by atoms with E-state index in [4.69, 9.17) is 4.42 Å². The number of amides is 1. The first-order valence-electron chi connectivity index (χ1n) is 4.11. The van der Waals surface area contributed by atoms with Gasteiger partial charge in [0.05, 0.1) is 17.1 Å². The molecule has 82 valence electrons. The minimum atomic E-state index is -0.616. The second-order valence-corrected chi connectivity index (χ2v) is 3.72. The molecule has 0 aliphatic rings. The largest absolute Gasteiger partial charge is 0.433 e. The number of rotatable bonds is 4. The normalized spacial score (nSPS) is 10.0. The number of nitrogens with zero attached hydrogens (tertiary/aromatic N) is 2. The zero-order valence-electron chi connectivity index (χ0n) is 7.75. The van der Waals surface area contributed by atoms with Crippen molar-refractivity contribution in [2.75, 3.05) is 5.32 Å². The van der Waals surface area contributed by atoms with E-state index in [1.54, 1.807) is 0 Å². The van der Waals surface area contributed by atoms with E-state index in [1.807, 2.05) is 0 Å². The van der Waals surface area contributed by atoms with E-state index < -0.39 is 4.92 Å². The molecule has 0 aliphatic carbocycles. The lowest BCUT2D eigenvalue weighted by Gasteiger charge is -1.87. The van der Waals surface area contributed by atoms with Crippen LogP contribution in [0.2, 0.25) is 0 Å². The summed E-state index contributed by atoms with van der Waals surface area (Å²) in [4.78, 5) is 24.4. The van der Waals surface area contributed by atoms with Gasteiger partial charge in [0.25, 0.3) is 0 Å². The monoisotopic (exact) mass is 239 g/mol. The summed E-state index contributed by atoms with van der Waals surface area (Å²) in [5, 5.41) is 13.2. The van der Waals surface area contributed by atoms with Crippen molar-refractivity contribution in [3.8, 4) is 10.6 Å². The maximum atomic E-state index is 10.4. The fourth-order valence-electron chi connectivity index (χ4n) is 1.06. The average Bonchev–Trinajstić information content (AvgIpc) is 2.84. The molecule has 0 saturated carbocycles. The van der Waals surface area contributed by atoms with Crippen molar-refractivity contribution in [3.05, 3.63) is 28.4 Å². The van der Waals surface area contributed by atoms with Crippen LogP contribution in [0.4, 0.5) is 11.0 Å². The summed E-state index contributed by atoms with van der Waals surface area (Å²) in [7, 11) is 0. The van der Waals surface area contributed by atoms with E-state index >= 15 is 0 Å². The van der Waals surface area contributed by atoms with Gasteiger partial charge in [0, 0.05) is 0 Å². The van der Waals surface area contributed by atoms with E-state index in [9.17, 15) is 14.9 Å². The van der Waals surface area contributed by atoms with Crippen LogP contribution in [0, 0.1) is 10.1 Å². The molecule has 0 spiro atoms. The quantitative estimate of drug-likeness (QED) is 0.499. The van der Waals surface area contributed by atoms with Crippen molar-refractivity contribution in [1.29, 1.82) is 0 Å². The smallest absolute Gasteiger partial charge is 0.400 e. The summed E-state index contributed by atoms with van der Waals surface area (Å²) >= 11 is 1.17. The molecular weight excluding hydrogens is 234 g/mol. The number of furan rings is 1. The molecule has 2 aromatic heterocycles. The Morgan fingerprint density at radius 1 is 1.56 bits per heavy atom. The van der Waals surface area contributed by atoms with Gasteiger partial charge in [-0.1, -0.05) is 11.3 Å². The van der Waals surface area contributed by atoms with Gasteiger partial charge in [-0.3, -0.25) is 14.9 Å². The fourth-order valence-corrected chi connectivity index (χ4v) is 1.80. The minimum Gasteiger partial charge on any atom is -0.400 e. The lowest BCUT2D eigenvalue weighted by Crippen LogP contribution is -1.90. The maximum Gasteiger partial charge on any atom is 0.433 e. The standard InChI is InChI=1S/C8H5N3O4S/c12-4-10-8-9-3-6(16-8)5-1-2-7(15-5)11(13)14/h1-4H,(H,9,10,12). The second kappa shape index (κ2) is 4.11. The Morgan fingerprint density at radius 2 is 2.38 bits per heavy atom. The van der Waals surface area contributed by atoms with Crippen LogP contribution < -0.4 is 5.32 Å². The number of aromatic nitrogens is 1. The van der Waals surface area contributed by atoms with Crippen LogP contribution in [0.3, 0.4) is 0 Å². The van der Waals surface area contributed by atoms with Gasteiger partial charge >= 0.3 is 5.88 Å². The van der Waals surface area contributed by atoms with Crippen molar-refractivity contribution in [3.63, 3.8) is 0 Å². The van der Waals surface area contributed by atoms with Crippen LogP contribution in [0.25, 0.3) is 10.6 Å². The number of anilines is 1. The van der Waals surface area contributed by atoms with E-state index in [1.165, 1.54) is 29.7 Å². The first-order chi connectivity index (χ1) is 7.70. The first kappa shape index (κ1) is 10.3. The third-order valence-corrected chi connectivity index (χ3v) is 2.65. The lowest BCUT2D eigenvalue weighted by atomic mass is 10.4. The van der Waals surface area contributed by atoms with Gasteiger partial charge in [-0.15, -0.1) is 0 Å². The number of hydrogen-bond donors (Lipinski definition) is 1. The molecule has 0 saturated heterocycles. The van der Waals surface area contributed by atoms with Gasteiger partial charge in [-0.2, -0.15) is 0 Å². The predicted molar refractivity (Wildman–Crippen MR) is 56.2 cm³/mol. The number of carbonyl (C=O) groups is 1. The Balaban J connectivity index is 2.27. The molecule has 16 heavy (non-hydrogen) atoms. The van der Waals surface area contributed by atoms with Crippen LogP contribution in [0.1, 0.15) is 0 Å². The molecule has 0 aromatic carbocycles. The molecule has 2 heterocycles. The Morgan fingerprint density at radius 3 is 3.00 bits per heavy atom. The summed E-state index contributed by atoms with van der Waals surface area (Å²) in [6.45, 7) is 0. The molecule has 7 nitrogen and oxygen atoms in total. The van der Waals surface area contributed by atoms with Gasteiger partial charge in [0.15, 0.2) is 10.9 Å². The SMILES string of the molecule is O=CNc1ncc(-c2ccc([N+](=O)[O-])o2)s1. The molecule has 1 amide bonds. The summed E-state index contributed by atoms with van der Waals surface area (Å²) in [6.07, 6.45) is 1.98. The van der Waals surface area contributed by atoms with Crippen LogP contribution in [-0.2, 0) is 4.79 Å². The van der Waals surface area contributed by atoms with E-state index in [0.29, 0.717) is 22.2 Å². The summed E-state index contributed by atoms with van der Waals surface area (Å²) in [5.41, 5.74) is 0. The molecule has 0 fully saturated rings. The molecule has 2 aromatic rings. The molecule has 0 unspecified atom stereocenters. The van der Waals surface area contributed by atoms with Crippen molar-refractivity contribution in [2.24, 2.45) is 0 Å². The van der Waals surface area contributed by atoms with Crippen LogP contribution in [0.15, 0.2) is 22.7 Å².